The van der Waals surface area contributed by atoms with Gasteiger partial charge in [-0.1, -0.05) is 6.07 Å². The van der Waals surface area contributed by atoms with E-state index >= 15 is 0 Å². The Morgan fingerprint density at radius 2 is 2.14 bits per heavy atom. The van der Waals surface area contributed by atoms with E-state index in [0.717, 1.165) is 41.8 Å². The van der Waals surface area contributed by atoms with Gasteiger partial charge in [0.1, 0.15) is 0 Å². The van der Waals surface area contributed by atoms with E-state index in [4.69, 9.17) is 9.47 Å². The maximum absolute atomic E-state index is 5.56. The van der Waals surface area contributed by atoms with Crippen LogP contribution < -0.4 is 19.7 Å². The van der Waals surface area contributed by atoms with Crippen LogP contribution in [0, 0.1) is 0 Å². The molecule has 6 nitrogen and oxygen atoms in total. The number of aromatic nitrogens is 2. The van der Waals surface area contributed by atoms with Gasteiger partial charge in [-0.3, -0.25) is 0 Å². The molecule has 108 valence electrons. The maximum Gasteiger partial charge on any atom is 0.231 e. The van der Waals surface area contributed by atoms with Gasteiger partial charge in [-0.15, -0.1) is 0 Å². The van der Waals surface area contributed by atoms with Crippen LogP contribution in [0.2, 0.25) is 0 Å². The molecule has 1 aromatic heterocycles. The summed E-state index contributed by atoms with van der Waals surface area (Å²) in [5.41, 5.74) is 1.79. The molecule has 1 saturated heterocycles. The van der Waals surface area contributed by atoms with Crippen LogP contribution in [0.15, 0.2) is 30.5 Å². The molecule has 0 aliphatic carbocycles. The first-order chi connectivity index (χ1) is 10.3. The smallest absolute Gasteiger partial charge is 0.231 e. The number of anilines is 1. The summed E-state index contributed by atoms with van der Waals surface area (Å²) in [4.78, 5) is 11.2. The van der Waals surface area contributed by atoms with Crippen molar-refractivity contribution in [2.45, 2.75) is 6.04 Å². The van der Waals surface area contributed by atoms with Crippen LogP contribution in [0.5, 0.6) is 11.5 Å². The van der Waals surface area contributed by atoms with Crippen molar-refractivity contribution in [1.29, 1.82) is 0 Å². The number of nitrogens with one attached hydrogen (secondary N) is 1. The number of rotatable bonds is 3. The molecule has 0 amide bonds. The Morgan fingerprint density at radius 1 is 1.24 bits per heavy atom. The molecule has 0 saturated carbocycles. The van der Waals surface area contributed by atoms with Crippen LogP contribution in [0.4, 0.5) is 5.95 Å². The fourth-order valence-electron chi connectivity index (χ4n) is 2.51. The summed E-state index contributed by atoms with van der Waals surface area (Å²) >= 11 is 0. The average Bonchev–Trinajstić information content (AvgIpc) is 2.94. The van der Waals surface area contributed by atoms with Crippen LogP contribution in [-0.4, -0.2) is 42.9 Å². The predicted molar refractivity (Wildman–Crippen MR) is 78.7 cm³/mol. The fourth-order valence-corrected chi connectivity index (χ4v) is 2.51. The van der Waals surface area contributed by atoms with E-state index in [9.17, 15) is 0 Å². The van der Waals surface area contributed by atoms with Gasteiger partial charge in [0.05, 0.1) is 11.7 Å². The number of fused-ring (bicyclic) bond motifs is 1. The van der Waals surface area contributed by atoms with Crippen LogP contribution in [0.25, 0.3) is 11.3 Å². The van der Waals surface area contributed by atoms with Gasteiger partial charge in [0.2, 0.25) is 12.7 Å². The summed E-state index contributed by atoms with van der Waals surface area (Å²) in [5, 5.41) is 3.26. The third-order valence-electron chi connectivity index (χ3n) is 3.94. The highest BCUT2D eigenvalue weighted by Crippen LogP contribution is 2.40. The molecule has 6 heteroatoms. The molecule has 0 atom stereocenters. The number of nitrogens with zero attached hydrogens (tertiary/aromatic N) is 3. The van der Waals surface area contributed by atoms with E-state index in [2.05, 4.69) is 20.2 Å². The molecule has 0 unspecified atom stereocenters. The summed E-state index contributed by atoms with van der Waals surface area (Å²) in [7, 11) is 2.03. The molecule has 2 aliphatic heterocycles. The molecule has 21 heavy (non-hydrogen) atoms. The lowest BCUT2D eigenvalue weighted by Gasteiger charge is -2.35. The number of ether oxygens (including phenoxy) is 2. The Morgan fingerprint density at radius 3 is 2.95 bits per heavy atom. The molecule has 2 aromatic rings. The van der Waals surface area contributed by atoms with Crippen molar-refractivity contribution in [3.8, 4) is 22.8 Å². The first-order valence-electron chi connectivity index (χ1n) is 6.98. The normalized spacial score (nSPS) is 16.6. The second kappa shape index (κ2) is 4.89. The third kappa shape index (κ3) is 2.08. The van der Waals surface area contributed by atoms with Crippen molar-refractivity contribution in [3.05, 3.63) is 30.5 Å². The van der Waals surface area contributed by atoms with Gasteiger partial charge in [0, 0.05) is 31.9 Å². The van der Waals surface area contributed by atoms with Gasteiger partial charge < -0.3 is 19.7 Å². The van der Waals surface area contributed by atoms with Gasteiger partial charge in [-0.2, -0.15) is 0 Å². The minimum atomic E-state index is 0.262. The topological polar surface area (TPSA) is 59.5 Å². The minimum Gasteiger partial charge on any atom is -0.454 e. The Labute approximate surface area is 122 Å². The molecule has 1 aromatic carbocycles. The van der Waals surface area contributed by atoms with Crippen LogP contribution in [0.3, 0.4) is 0 Å². The van der Waals surface area contributed by atoms with E-state index < -0.39 is 0 Å². The van der Waals surface area contributed by atoms with Crippen LogP contribution in [-0.2, 0) is 0 Å². The molecule has 4 rings (SSSR count). The lowest BCUT2D eigenvalue weighted by molar-refractivity contribution is 0.174. The SMILES string of the molecule is CN(c1nccc(-c2cccc3c2OCO3)n1)C1CNC1. The average molecular weight is 284 g/mol. The Bertz CT molecular complexity index is 672. The molecular formula is C15H16N4O2. The first-order valence-corrected chi connectivity index (χ1v) is 6.98. The monoisotopic (exact) mass is 284 g/mol. The van der Waals surface area contributed by atoms with Gasteiger partial charge >= 0.3 is 0 Å². The van der Waals surface area contributed by atoms with Crippen molar-refractivity contribution in [3.63, 3.8) is 0 Å². The molecule has 0 bridgehead atoms. The highest BCUT2D eigenvalue weighted by Gasteiger charge is 2.24. The molecule has 3 heterocycles. The number of hydrogen-bond acceptors (Lipinski definition) is 6. The van der Waals surface area contributed by atoms with Gasteiger partial charge in [-0.25, -0.2) is 9.97 Å². The number of benzene rings is 1. The molecule has 2 aliphatic rings. The summed E-state index contributed by atoms with van der Waals surface area (Å²) < 4.78 is 11.0. The second-order valence-corrected chi connectivity index (χ2v) is 5.20. The predicted octanol–water partition coefficient (Wildman–Crippen LogP) is 1.28. The summed E-state index contributed by atoms with van der Waals surface area (Å²) in [5.74, 6) is 2.26. The number of para-hydroxylation sites is 1. The maximum atomic E-state index is 5.56. The zero-order chi connectivity index (χ0) is 14.2. The van der Waals surface area contributed by atoms with Crippen molar-refractivity contribution >= 4 is 5.95 Å². The fraction of sp³-hybridized carbons (Fsp3) is 0.333. The van der Waals surface area contributed by atoms with Gasteiger partial charge in [0.25, 0.3) is 0 Å². The zero-order valence-corrected chi connectivity index (χ0v) is 11.7. The molecule has 1 fully saturated rings. The van der Waals surface area contributed by atoms with E-state index in [1.807, 2.05) is 31.3 Å². The van der Waals surface area contributed by atoms with E-state index in [0.29, 0.717) is 6.04 Å². The molecular weight excluding hydrogens is 268 g/mol. The summed E-state index contributed by atoms with van der Waals surface area (Å²) in [6.45, 7) is 2.21. The first kappa shape index (κ1) is 12.4. The Kier molecular flexibility index (Phi) is 2.89. The van der Waals surface area contributed by atoms with E-state index in [-0.39, 0.29) is 6.79 Å². The highest BCUT2D eigenvalue weighted by atomic mass is 16.7. The lowest BCUT2D eigenvalue weighted by atomic mass is 10.1. The highest BCUT2D eigenvalue weighted by molar-refractivity contribution is 5.72. The Balaban J connectivity index is 1.71. The molecule has 0 spiro atoms. The standard InChI is InChI=1S/C15H16N4O2/c1-19(10-7-16-8-10)15-17-6-5-12(18-15)11-3-2-4-13-14(11)21-9-20-13/h2-6,10,16H,7-9H2,1H3. The van der Waals surface area contributed by atoms with Crippen LogP contribution >= 0.6 is 0 Å². The summed E-state index contributed by atoms with van der Waals surface area (Å²) in [6.07, 6.45) is 1.79. The zero-order valence-electron chi connectivity index (χ0n) is 11.7. The number of likely N-dealkylation sites (N-methyl/N-ethyl adjacent to an activating group) is 1. The minimum absolute atomic E-state index is 0.262. The van der Waals surface area contributed by atoms with E-state index in [1.165, 1.54) is 0 Å². The molecule has 1 N–H and O–H groups in total. The van der Waals surface area contributed by atoms with Crippen molar-refractivity contribution in [2.24, 2.45) is 0 Å². The number of hydrogen-bond donors (Lipinski definition) is 1. The van der Waals surface area contributed by atoms with E-state index in [1.54, 1.807) is 6.20 Å². The van der Waals surface area contributed by atoms with Gasteiger partial charge in [-0.05, 0) is 18.2 Å². The van der Waals surface area contributed by atoms with Crippen molar-refractivity contribution in [2.75, 3.05) is 31.8 Å². The van der Waals surface area contributed by atoms with Crippen molar-refractivity contribution < 1.29 is 9.47 Å². The second-order valence-electron chi connectivity index (χ2n) is 5.20. The van der Waals surface area contributed by atoms with Crippen LogP contribution in [0.1, 0.15) is 0 Å². The van der Waals surface area contributed by atoms with Crippen molar-refractivity contribution in [1.82, 2.24) is 15.3 Å². The largest absolute Gasteiger partial charge is 0.454 e. The molecule has 0 radical (unpaired) electrons. The van der Waals surface area contributed by atoms with Gasteiger partial charge in [0.15, 0.2) is 11.5 Å². The lowest BCUT2D eigenvalue weighted by Crippen LogP contribution is -2.56. The quantitative estimate of drug-likeness (QED) is 0.916. The Hall–Kier alpha value is -2.34. The third-order valence-corrected chi connectivity index (χ3v) is 3.94. The summed E-state index contributed by atoms with van der Waals surface area (Å²) in [6, 6.07) is 8.20.